The van der Waals surface area contributed by atoms with Crippen molar-refractivity contribution in [2.24, 2.45) is 0 Å². The van der Waals surface area contributed by atoms with Gasteiger partial charge in [-0.1, -0.05) is 23.9 Å². The summed E-state index contributed by atoms with van der Waals surface area (Å²) >= 11 is 3.57. The molecule has 0 saturated carbocycles. The smallest absolute Gasteiger partial charge is 0.0223 e. The molecule has 0 fully saturated rings. The van der Waals surface area contributed by atoms with Crippen LogP contribution in [0.15, 0.2) is 0 Å². The van der Waals surface area contributed by atoms with Crippen LogP contribution in [0, 0.1) is 0 Å². The second kappa shape index (κ2) is 7.51. The molecule has 0 spiro atoms. The van der Waals surface area contributed by atoms with Gasteiger partial charge in [-0.25, -0.2) is 0 Å². The van der Waals surface area contributed by atoms with Gasteiger partial charge >= 0.3 is 0 Å². The second-order valence-electron chi connectivity index (χ2n) is 2.11. The Kier molecular flexibility index (Phi) is 7.81. The van der Waals surface area contributed by atoms with Gasteiger partial charge in [-0.2, -0.15) is 0 Å². The van der Waals surface area contributed by atoms with Gasteiger partial charge in [0.2, 0.25) is 0 Å². The SMILES string of the molecule is O=S([O-])CCCCCCCl. The van der Waals surface area contributed by atoms with Gasteiger partial charge in [0.25, 0.3) is 0 Å². The second-order valence-corrected chi connectivity index (χ2v) is 3.50. The lowest BCUT2D eigenvalue weighted by molar-refractivity contribution is 0.532. The minimum Gasteiger partial charge on any atom is -0.772 e. The van der Waals surface area contributed by atoms with E-state index in [0.717, 1.165) is 25.7 Å². The molecule has 0 N–H and O–H groups in total. The Morgan fingerprint density at radius 1 is 1.20 bits per heavy atom. The highest BCUT2D eigenvalue weighted by molar-refractivity contribution is 7.79. The molecular weight excluding hydrogens is 172 g/mol. The summed E-state index contributed by atoms with van der Waals surface area (Å²) < 4.78 is 20.0. The third-order valence-electron chi connectivity index (χ3n) is 1.19. The van der Waals surface area contributed by atoms with Crippen molar-refractivity contribution in [2.75, 3.05) is 11.6 Å². The van der Waals surface area contributed by atoms with Crippen LogP contribution in [0.1, 0.15) is 25.7 Å². The van der Waals surface area contributed by atoms with Gasteiger partial charge in [-0.15, -0.1) is 11.6 Å². The van der Waals surface area contributed by atoms with E-state index in [2.05, 4.69) is 0 Å². The Morgan fingerprint density at radius 3 is 2.30 bits per heavy atom. The van der Waals surface area contributed by atoms with E-state index in [1.165, 1.54) is 0 Å². The van der Waals surface area contributed by atoms with Gasteiger partial charge < -0.3 is 4.55 Å². The van der Waals surface area contributed by atoms with E-state index in [0.29, 0.717) is 11.6 Å². The molecule has 4 heteroatoms. The molecule has 0 aliphatic rings. The van der Waals surface area contributed by atoms with E-state index in [-0.39, 0.29) is 0 Å². The van der Waals surface area contributed by atoms with E-state index >= 15 is 0 Å². The maximum Gasteiger partial charge on any atom is 0.0223 e. The molecule has 0 amide bonds. The van der Waals surface area contributed by atoms with Crippen LogP contribution in [0.2, 0.25) is 0 Å². The first kappa shape index (κ1) is 10.4. The largest absolute Gasteiger partial charge is 0.772 e. The molecule has 62 valence electrons. The monoisotopic (exact) mass is 183 g/mol. The molecule has 0 heterocycles. The Morgan fingerprint density at radius 2 is 1.80 bits per heavy atom. The van der Waals surface area contributed by atoms with Crippen molar-refractivity contribution < 1.29 is 8.76 Å². The van der Waals surface area contributed by atoms with Gasteiger partial charge in [0.05, 0.1) is 0 Å². The first-order chi connectivity index (χ1) is 4.77. The van der Waals surface area contributed by atoms with E-state index in [1.54, 1.807) is 0 Å². The summed E-state index contributed by atoms with van der Waals surface area (Å²) in [5, 5.41) is 0. The maximum atomic E-state index is 10.0. The Bertz CT molecular complexity index is 97.7. The molecule has 0 rings (SSSR count). The summed E-state index contributed by atoms with van der Waals surface area (Å²) in [5.41, 5.74) is 0. The molecule has 0 saturated heterocycles. The Balaban J connectivity index is 2.84. The zero-order chi connectivity index (χ0) is 7.82. The van der Waals surface area contributed by atoms with Crippen molar-refractivity contribution in [3.05, 3.63) is 0 Å². The van der Waals surface area contributed by atoms with Gasteiger partial charge in [-0.05, 0) is 12.8 Å². The van der Waals surface area contributed by atoms with E-state index in [4.69, 9.17) is 11.6 Å². The maximum absolute atomic E-state index is 10.0. The number of unbranched alkanes of at least 4 members (excludes halogenated alkanes) is 3. The first-order valence-corrected chi connectivity index (χ1v) is 5.17. The lowest BCUT2D eigenvalue weighted by Gasteiger charge is -2.02. The van der Waals surface area contributed by atoms with Crippen LogP contribution in [0.25, 0.3) is 0 Å². The molecule has 1 unspecified atom stereocenters. The number of alkyl halides is 1. The summed E-state index contributed by atoms with van der Waals surface area (Å²) in [4.78, 5) is 0. The number of rotatable bonds is 6. The zero-order valence-corrected chi connectivity index (χ0v) is 7.42. The normalized spacial score (nSPS) is 13.4. The minimum atomic E-state index is -1.85. The van der Waals surface area contributed by atoms with Crippen LogP contribution in [-0.2, 0) is 11.1 Å². The van der Waals surface area contributed by atoms with Crippen LogP contribution in [0.4, 0.5) is 0 Å². The fourth-order valence-electron chi connectivity index (χ4n) is 0.668. The first-order valence-electron chi connectivity index (χ1n) is 3.39. The molecule has 0 radical (unpaired) electrons. The molecule has 0 bridgehead atoms. The van der Waals surface area contributed by atoms with Gasteiger partial charge in [0, 0.05) is 11.6 Å². The Labute approximate surface area is 69.2 Å². The lowest BCUT2D eigenvalue weighted by atomic mass is 10.2. The molecule has 0 aromatic heterocycles. The molecular formula is C6H12ClO2S-. The number of hydrogen-bond acceptors (Lipinski definition) is 2. The van der Waals surface area contributed by atoms with Crippen molar-refractivity contribution in [1.82, 2.24) is 0 Å². The highest BCUT2D eigenvalue weighted by Crippen LogP contribution is 2.01. The van der Waals surface area contributed by atoms with Crippen LogP contribution < -0.4 is 0 Å². The van der Waals surface area contributed by atoms with Crippen molar-refractivity contribution in [1.29, 1.82) is 0 Å². The molecule has 0 aliphatic carbocycles. The molecule has 0 aromatic rings. The fraction of sp³-hybridized carbons (Fsp3) is 1.00. The van der Waals surface area contributed by atoms with Crippen molar-refractivity contribution in [3.8, 4) is 0 Å². The zero-order valence-electron chi connectivity index (χ0n) is 5.85. The number of hydrogen-bond donors (Lipinski definition) is 0. The summed E-state index contributed by atoms with van der Waals surface area (Å²) in [6.07, 6.45) is 3.78. The predicted octanol–water partition coefficient (Wildman–Crippen LogP) is 1.66. The van der Waals surface area contributed by atoms with E-state index in [9.17, 15) is 8.76 Å². The van der Waals surface area contributed by atoms with Crippen LogP contribution >= 0.6 is 11.6 Å². The van der Waals surface area contributed by atoms with E-state index in [1.807, 2.05) is 0 Å². The summed E-state index contributed by atoms with van der Waals surface area (Å²) in [6, 6.07) is 0. The average molecular weight is 184 g/mol. The third kappa shape index (κ3) is 8.40. The predicted molar refractivity (Wildman–Crippen MR) is 43.0 cm³/mol. The summed E-state index contributed by atoms with van der Waals surface area (Å²) in [7, 11) is 0. The molecule has 0 aromatic carbocycles. The van der Waals surface area contributed by atoms with Crippen LogP contribution in [0.3, 0.4) is 0 Å². The number of halogens is 1. The summed E-state index contributed by atoms with van der Waals surface area (Å²) in [5.74, 6) is 0.975. The highest BCUT2D eigenvalue weighted by Gasteiger charge is 1.88. The van der Waals surface area contributed by atoms with Crippen molar-refractivity contribution >= 4 is 22.7 Å². The van der Waals surface area contributed by atoms with Crippen LogP contribution in [0.5, 0.6) is 0 Å². The molecule has 1 atom stereocenters. The third-order valence-corrected chi connectivity index (χ3v) is 2.08. The van der Waals surface area contributed by atoms with Crippen molar-refractivity contribution in [2.45, 2.75) is 25.7 Å². The lowest BCUT2D eigenvalue weighted by Crippen LogP contribution is -1.94. The van der Waals surface area contributed by atoms with E-state index < -0.39 is 11.1 Å². The topological polar surface area (TPSA) is 40.1 Å². The summed E-state index contributed by atoms with van der Waals surface area (Å²) in [6.45, 7) is 0. The highest BCUT2D eigenvalue weighted by atomic mass is 35.5. The van der Waals surface area contributed by atoms with Gasteiger partial charge in [0.1, 0.15) is 0 Å². The molecule has 0 aliphatic heterocycles. The Hall–Kier alpha value is 0.400. The van der Waals surface area contributed by atoms with Gasteiger partial charge in [-0.3, -0.25) is 4.21 Å². The molecule has 10 heavy (non-hydrogen) atoms. The fourth-order valence-corrected chi connectivity index (χ4v) is 1.30. The average Bonchev–Trinajstić information content (AvgIpc) is 1.87. The van der Waals surface area contributed by atoms with Gasteiger partial charge in [0.15, 0.2) is 0 Å². The van der Waals surface area contributed by atoms with Crippen molar-refractivity contribution in [3.63, 3.8) is 0 Å². The standard InChI is InChI=1S/C6H13ClO2S/c7-5-3-1-2-4-6-10(8)9/h1-6H2,(H,8,9)/p-1. The molecule has 2 nitrogen and oxygen atoms in total. The van der Waals surface area contributed by atoms with Crippen LogP contribution in [-0.4, -0.2) is 20.4 Å². The minimum absolute atomic E-state index is 0.294. The quantitative estimate of drug-likeness (QED) is 0.357.